The van der Waals surface area contributed by atoms with Crippen molar-refractivity contribution < 1.29 is 18.3 Å². The van der Waals surface area contributed by atoms with E-state index in [1.165, 1.54) is 22.5 Å². The predicted molar refractivity (Wildman–Crippen MR) is 79.0 cm³/mol. The highest BCUT2D eigenvalue weighted by atomic mass is 32.2. The van der Waals surface area contributed by atoms with Gasteiger partial charge in [-0.1, -0.05) is 6.07 Å². The van der Waals surface area contributed by atoms with Crippen LogP contribution in [0.2, 0.25) is 0 Å². The van der Waals surface area contributed by atoms with E-state index in [2.05, 4.69) is 4.90 Å². The zero-order valence-corrected chi connectivity index (χ0v) is 13.1. The fourth-order valence-electron chi connectivity index (χ4n) is 2.53. The van der Waals surface area contributed by atoms with Crippen molar-refractivity contribution in [3.05, 3.63) is 29.3 Å². The van der Waals surface area contributed by atoms with Gasteiger partial charge in [-0.25, -0.2) is 13.2 Å². The van der Waals surface area contributed by atoms with Crippen LogP contribution in [0, 0.1) is 6.92 Å². The Bertz CT molecular complexity index is 642. The maximum atomic E-state index is 12.8. The Morgan fingerprint density at radius 3 is 2.57 bits per heavy atom. The molecule has 6 nitrogen and oxygen atoms in total. The molecule has 21 heavy (non-hydrogen) atoms. The minimum Gasteiger partial charge on any atom is -0.478 e. The third kappa shape index (κ3) is 3.25. The molecule has 0 saturated carbocycles. The number of carboxylic acid groups (broad SMARTS) is 1. The lowest BCUT2D eigenvalue weighted by molar-refractivity contribution is 0.0696. The summed E-state index contributed by atoms with van der Waals surface area (Å²) in [6.45, 7) is 3.97. The number of hydrogen-bond donors (Lipinski definition) is 1. The zero-order chi connectivity index (χ0) is 15.6. The molecular weight excluding hydrogens is 292 g/mol. The van der Waals surface area contributed by atoms with Crippen LogP contribution in [0.25, 0.3) is 0 Å². The number of nitrogens with zero attached hydrogens (tertiary/aromatic N) is 2. The fraction of sp³-hybridized carbons (Fsp3) is 0.500. The molecule has 0 aliphatic carbocycles. The van der Waals surface area contributed by atoms with Crippen molar-refractivity contribution in [2.45, 2.75) is 18.2 Å². The summed E-state index contributed by atoms with van der Waals surface area (Å²) in [6.07, 6.45) is 0.771. The third-order valence-electron chi connectivity index (χ3n) is 3.81. The summed E-state index contributed by atoms with van der Waals surface area (Å²) in [7, 11) is -1.69. The molecule has 0 spiro atoms. The van der Waals surface area contributed by atoms with Crippen molar-refractivity contribution in [2.24, 2.45) is 0 Å². The minimum atomic E-state index is -3.65. The standard InChI is InChI=1S/C14H20N2O4S/c1-11-12(14(17)18)5-3-6-13(11)21(19,20)16-8-4-7-15(2)9-10-16/h3,5-6H,4,7-10H2,1-2H3,(H,17,18). The number of carboxylic acids is 1. The predicted octanol–water partition coefficient (Wildman–Crippen LogP) is 1.02. The summed E-state index contributed by atoms with van der Waals surface area (Å²) < 4.78 is 27.0. The van der Waals surface area contributed by atoms with Gasteiger partial charge >= 0.3 is 5.97 Å². The smallest absolute Gasteiger partial charge is 0.335 e. The molecule has 2 rings (SSSR count). The molecular formula is C14H20N2O4S. The SMILES string of the molecule is Cc1c(C(=O)O)cccc1S(=O)(=O)N1CCCN(C)CC1. The lowest BCUT2D eigenvalue weighted by atomic mass is 10.1. The number of sulfonamides is 1. The van der Waals surface area contributed by atoms with Crippen LogP contribution in [-0.2, 0) is 10.0 Å². The van der Waals surface area contributed by atoms with Gasteiger partial charge in [0.05, 0.1) is 10.5 Å². The highest BCUT2D eigenvalue weighted by Crippen LogP contribution is 2.23. The van der Waals surface area contributed by atoms with Gasteiger partial charge in [0.25, 0.3) is 0 Å². The van der Waals surface area contributed by atoms with Crippen LogP contribution in [0.5, 0.6) is 0 Å². The summed E-state index contributed by atoms with van der Waals surface area (Å²) in [5, 5.41) is 9.13. The van der Waals surface area contributed by atoms with Gasteiger partial charge in [-0.05, 0) is 44.6 Å². The van der Waals surface area contributed by atoms with Gasteiger partial charge in [0.1, 0.15) is 0 Å². The maximum absolute atomic E-state index is 12.8. The summed E-state index contributed by atoms with van der Waals surface area (Å²) in [5.41, 5.74) is 0.325. The van der Waals surface area contributed by atoms with E-state index < -0.39 is 16.0 Å². The van der Waals surface area contributed by atoms with Crippen molar-refractivity contribution in [3.63, 3.8) is 0 Å². The lowest BCUT2D eigenvalue weighted by Crippen LogP contribution is -2.35. The molecule has 1 N–H and O–H groups in total. The Kier molecular flexibility index (Phi) is 4.65. The first-order valence-electron chi connectivity index (χ1n) is 6.85. The van der Waals surface area contributed by atoms with E-state index in [4.69, 9.17) is 5.11 Å². The van der Waals surface area contributed by atoms with E-state index in [1.54, 1.807) is 6.92 Å². The molecule has 0 aromatic heterocycles. The van der Waals surface area contributed by atoms with Gasteiger partial charge in [-0.2, -0.15) is 4.31 Å². The Hall–Kier alpha value is -1.44. The molecule has 0 bridgehead atoms. The molecule has 7 heteroatoms. The lowest BCUT2D eigenvalue weighted by Gasteiger charge is -2.21. The van der Waals surface area contributed by atoms with E-state index in [1.807, 2.05) is 7.05 Å². The molecule has 1 fully saturated rings. The van der Waals surface area contributed by atoms with Gasteiger partial charge in [0, 0.05) is 19.6 Å². The number of rotatable bonds is 3. The number of carbonyl (C=O) groups is 1. The quantitative estimate of drug-likeness (QED) is 0.901. The van der Waals surface area contributed by atoms with E-state index in [9.17, 15) is 13.2 Å². The van der Waals surface area contributed by atoms with Crippen LogP contribution in [0.15, 0.2) is 23.1 Å². The van der Waals surface area contributed by atoms with Crippen molar-refractivity contribution in [1.29, 1.82) is 0 Å². The van der Waals surface area contributed by atoms with Crippen molar-refractivity contribution in [1.82, 2.24) is 9.21 Å². The van der Waals surface area contributed by atoms with Crippen LogP contribution in [-0.4, -0.2) is 61.9 Å². The fourth-order valence-corrected chi connectivity index (χ4v) is 4.24. The van der Waals surface area contributed by atoms with Gasteiger partial charge in [0.2, 0.25) is 10.0 Å². The van der Waals surface area contributed by atoms with Crippen LogP contribution in [0.3, 0.4) is 0 Å². The Morgan fingerprint density at radius 2 is 1.90 bits per heavy atom. The highest BCUT2D eigenvalue weighted by molar-refractivity contribution is 7.89. The number of likely N-dealkylation sites (N-methyl/N-ethyl adjacent to an activating group) is 1. The van der Waals surface area contributed by atoms with E-state index >= 15 is 0 Å². The second-order valence-corrected chi connectivity index (χ2v) is 7.20. The second-order valence-electron chi connectivity index (χ2n) is 5.29. The molecule has 1 aliphatic heterocycles. The molecule has 1 aliphatic rings. The Balaban J connectivity index is 2.40. The van der Waals surface area contributed by atoms with Crippen LogP contribution in [0.1, 0.15) is 22.3 Å². The molecule has 0 atom stereocenters. The second kappa shape index (κ2) is 6.13. The highest BCUT2D eigenvalue weighted by Gasteiger charge is 2.28. The van der Waals surface area contributed by atoms with E-state index in [0.29, 0.717) is 25.2 Å². The first-order valence-corrected chi connectivity index (χ1v) is 8.29. The molecule has 1 aromatic rings. The molecule has 0 amide bonds. The van der Waals surface area contributed by atoms with E-state index in [-0.39, 0.29) is 10.5 Å². The minimum absolute atomic E-state index is 0.0306. The Labute approximate surface area is 125 Å². The maximum Gasteiger partial charge on any atom is 0.335 e. The van der Waals surface area contributed by atoms with Crippen LogP contribution >= 0.6 is 0 Å². The summed E-state index contributed by atoms with van der Waals surface area (Å²) in [6, 6.07) is 4.38. The molecule has 0 radical (unpaired) electrons. The average molecular weight is 312 g/mol. The zero-order valence-electron chi connectivity index (χ0n) is 12.2. The summed E-state index contributed by atoms with van der Waals surface area (Å²) >= 11 is 0. The largest absolute Gasteiger partial charge is 0.478 e. The first-order chi connectivity index (χ1) is 9.84. The van der Waals surface area contributed by atoms with Gasteiger partial charge < -0.3 is 10.0 Å². The topological polar surface area (TPSA) is 77.9 Å². The van der Waals surface area contributed by atoms with Crippen molar-refractivity contribution in [2.75, 3.05) is 33.2 Å². The summed E-state index contributed by atoms with van der Waals surface area (Å²) in [4.78, 5) is 13.3. The number of benzene rings is 1. The average Bonchev–Trinajstić information content (AvgIpc) is 2.63. The van der Waals surface area contributed by atoms with Gasteiger partial charge in [0.15, 0.2) is 0 Å². The molecule has 0 unspecified atom stereocenters. The first kappa shape index (κ1) is 15.9. The molecule has 1 saturated heterocycles. The normalized spacial score (nSPS) is 18.4. The Morgan fingerprint density at radius 1 is 1.19 bits per heavy atom. The number of hydrogen-bond acceptors (Lipinski definition) is 4. The van der Waals surface area contributed by atoms with E-state index in [0.717, 1.165) is 13.0 Å². The van der Waals surface area contributed by atoms with Gasteiger partial charge in [-0.3, -0.25) is 0 Å². The molecule has 116 valence electrons. The van der Waals surface area contributed by atoms with Crippen molar-refractivity contribution in [3.8, 4) is 0 Å². The summed E-state index contributed by atoms with van der Waals surface area (Å²) in [5.74, 6) is -1.11. The molecule has 1 aromatic carbocycles. The third-order valence-corrected chi connectivity index (χ3v) is 5.85. The monoisotopic (exact) mass is 312 g/mol. The van der Waals surface area contributed by atoms with Crippen LogP contribution < -0.4 is 0 Å². The molecule has 1 heterocycles. The van der Waals surface area contributed by atoms with Crippen LogP contribution in [0.4, 0.5) is 0 Å². The van der Waals surface area contributed by atoms with Gasteiger partial charge in [-0.15, -0.1) is 0 Å². The number of aromatic carboxylic acids is 1. The van der Waals surface area contributed by atoms with Crippen molar-refractivity contribution >= 4 is 16.0 Å².